The molecule has 144 valence electrons. The molecule has 2 rings (SSSR count). The van der Waals surface area contributed by atoms with Gasteiger partial charge in [-0.05, 0) is 71.0 Å². The van der Waals surface area contributed by atoms with Crippen molar-refractivity contribution in [2.45, 2.75) is 40.2 Å². The number of rotatable bonds is 5. The Morgan fingerprint density at radius 3 is 2.11 bits per heavy atom. The third-order valence-corrected chi connectivity index (χ3v) is 3.69. The van der Waals surface area contributed by atoms with E-state index in [1.54, 1.807) is 50.0 Å². The molecule has 2 aromatic carbocycles. The van der Waals surface area contributed by atoms with E-state index in [4.69, 9.17) is 4.74 Å². The number of hydrogen-bond donors (Lipinski definition) is 2. The highest BCUT2D eigenvalue weighted by Gasteiger charge is 2.16. The maximum atomic E-state index is 12.5. The molecular weight excluding hydrogens is 342 g/mol. The first-order valence-electron chi connectivity index (χ1n) is 8.93. The van der Waals surface area contributed by atoms with Gasteiger partial charge in [0.2, 0.25) is 0 Å². The highest BCUT2D eigenvalue weighted by Crippen LogP contribution is 2.15. The van der Waals surface area contributed by atoms with Crippen LogP contribution in [0.3, 0.4) is 0 Å². The van der Waals surface area contributed by atoms with Gasteiger partial charge in [0.05, 0.1) is 5.69 Å². The van der Waals surface area contributed by atoms with Crippen LogP contribution in [-0.4, -0.2) is 24.1 Å². The Kier molecular flexibility index (Phi) is 6.45. The van der Waals surface area contributed by atoms with Crippen molar-refractivity contribution in [1.82, 2.24) is 5.43 Å². The van der Waals surface area contributed by atoms with Crippen LogP contribution in [0.15, 0.2) is 48.5 Å². The van der Waals surface area contributed by atoms with Gasteiger partial charge in [-0.15, -0.1) is 0 Å². The van der Waals surface area contributed by atoms with E-state index in [0.29, 0.717) is 17.8 Å². The Balaban J connectivity index is 2.00. The summed E-state index contributed by atoms with van der Waals surface area (Å²) in [5.41, 5.74) is 5.46. The number of nitrogens with one attached hydrogen (secondary N) is 2. The number of hydrogen-bond acceptors (Lipinski definition) is 4. The minimum Gasteiger partial charge on any atom is -0.444 e. The Hall–Kier alpha value is -3.02. The summed E-state index contributed by atoms with van der Waals surface area (Å²) in [5, 5.41) is 4.43. The first kappa shape index (κ1) is 20.3. The highest BCUT2D eigenvalue weighted by atomic mass is 16.6. The smallest absolute Gasteiger partial charge is 0.412 e. The first-order chi connectivity index (χ1) is 12.7. The van der Waals surface area contributed by atoms with Crippen LogP contribution in [0, 0.1) is 6.92 Å². The van der Waals surface area contributed by atoms with Crippen LogP contribution >= 0.6 is 0 Å². The zero-order valence-corrected chi connectivity index (χ0v) is 16.5. The number of aryl methyl sites for hydroxylation is 1. The van der Waals surface area contributed by atoms with E-state index in [-0.39, 0.29) is 5.91 Å². The van der Waals surface area contributed by atoms with Gasteiger partial charge in [0, 0.05) is 17.8 Å². The number of carbonyl (C=O) groups excluding carboxylic acids is 2. The molecule has 0 unspecified atom stereocenters. The molecule has 0 aromatic heterocycles. The molecule has 0 saturated carbocycles. The predicted molar refractivity (Wildman–Crippen MR) is 108 cm³/mol. The molecule has 27 heavy (non-hydrogen) atoms. The number of anilines is 2. The van der Waals surface area contributed by atoms with Crippen molar-refractivity contribution in [3.05, 3.63) is 59.7 Å². The fraction of sp³-hybridized carbons (Fsp3) is 0.333. The molecule has 0 aliphatic heterocycles. The van der Waals surface area contributed by atoms with Crippen LogP contribution in [0.25, 0.3) is 0 Å². The third-order valence-electron chi connectivity index (χ3n) is 3.69. The van der Waals surface area contributed by atoms with Crippen molar-refractivity contribution in [2.75, 3.05) is 16.9 Å². The molecule has 0 aliphatic rings. The lowest BCUT2D eigenvalue weighted by molar-refractivity contribution is 0.0635. The second kappa shape index (κ2) is 8.58. The van der Waals surface area contributed by atoms with E-state index < -0.39 is 11.7 Å². The minimum atomic E-state index is -0.566. The quantitative estimate of drug-likeness (QED) is 0.761. The molecule has 0 bridgehead atoms. The van der Waals surface area contributed by atoms with Gasteiger partial charge < -0.3 is 4.74 Å². The molecule has 0 heterocycles. The van der Waals surface area contributed by atoms with E-state index in [0.717, 1.165) is 11.3 Å². The van der Waals surface area contributed by atoms with E-state index in [9.17, 15) is 9.59 Å². The summed E-state index contributed by atoms with van der Waals surface area (Å²) in [6.07, 6.45) is -0.531. The van der Waals surface area contributed by atoms with Crippen molar-refractivity contribution in [2.24, 2.45) is 0 Å². The summed E-state index contributed by atoms with van der Waals surface area (Å²) in [4.78, 5) is 24.3. The maximum absolute atomic E-state index is 12.5. The van der Waals surface area contributed by atoms with Crippen molar-refractivity contribution in [3.8, 4) is 0 Å². The van der Waals surface area contributed by atoms with Gasteiger partial charge in [0.1, 0.15) is 5.60 Å². The van der Waals surface area contributed by atoms with Crippen molar-refractivity contribution in [1.29, 1.82) is 0 Å². The Bertz CT molecular complexity index is 778. The van der Waals surface area contributed by atoms with Gasteiger partial charge in [-0.1, -0.05) is 17.7 Å². The second-order valence-electron chi connectivity index (χ2n) is 7.22. The molecule has 2 aromatic rings. The first-order valence-corrected chi connectivity index (χ1v) is 8.93. The lowest BCUT2D eigenvalue weighted by atomic mass is 10.2. The van der Waals surface area contributed by atoms with Crippen LogP contribution in [0.4, 0.5) is 16.2 Å². The van der Waals surface area contributed by atoms with Crippen LogP contribution < -0.4 is 15.8 Å². The Labute approximate surface area is 160 Å². The number of ether oxygens (including phenoxy) is 1. The number of nitrogens with zero attached hydrogens (tertiary/aromatic N) is 1. The van der Waals surface area contributed by atoms with E-state index >= 15 is 0 Å². The largest absolute Gasteiger partial charge is 0.444 e. The fourth-order valence-electron chi connectivity index (χ4n) is 2.36. The molecule has 0 radical (unpaired) electrons. The summed E-state index contributed by atoms with van der Waals surface area (Å²) in [6, 6.07) is 14.6. The fourth-order valence-corrected chi connectivity index (χ4v) is 2.36. The van der Waals surface area contributed by atoms with Gasteiger partial charge in [-0.3, -0.25) is 20.5 Å². The van der Waals surface area contributed by atoms with Crippen molar-refractivity contribution >= 4 is 23.4 Å². The normalized spacial score (nSPS) is 10.9. The summed E-state index contributed by atoms with van der Waals surface area (Å²) in [7, 11) is 0. The second-order valence-corrected chi connectivity index (χ2v) is 7.22. The van der Waals surface area contributed by atoms with Crippen LogP contribution in [0.5, 0.6) is 0 Å². The topological polar surface area (TPSA) is 70.7 Å². The minimum absolute atomic E-state index is 0.221. The van der Waals surface area contributed by atoms with Crippen LogP contribution in [0.1, 0.15) is 43.6 Å². The molecular formula is C21H27N3O3. The summed E-state index contributed by atoms with van der Waals surface area (Å²) in [6.45, 7) is 10.0. The van der Waals surface area contributed by atoms with E-state index in [1.165, 1.54) is 0 Å². The lowest BCUT2D eigenvalue weighted by Crippen LogP contribution is -2.42. The number of amides is 2. The molecule has 0 spiro atoms. The molecule has 0 fully saturated rings. The number of hydrazine groups is 1. The maximum Gasteiger partial charge on any atom is 0.412 e. The molecule has 2 N–H and O–H groups in total. The van der Waals surface area contributed by atoms with Crippen LogP contribution in [-0.2, 0) is 4.74 Å². The van der Waals surface area contributed by atoms with E-state index in [1.807, 2.05) is 38.1 Å². The third kappa shape index (κ3) is 6.33. The molecule has 0 saturated heterocycles. The van der Waals surface area contributed by atoms with Crippen LogP contribution in [0.2, 0.25) is 0 Å². The van der Waals surface area contributed by atoms with Gasteiger partial charge in [0.25, 0.3) is 5.91 Å². The van der Waals surface area contributed by atoms with Gasteiger partial charge in [-0.2, -0.15) is 0 Å². The summed E-state index contributed by atoms with van der Waals surface area (Å²) < 4.78 is 5.21. The van der Waals surface area contributed by atoms with Gasteiger partial charge >= 0.3 is 6.09 Å². The van der Waals surface area contributed by atoms with Gasteiger partial charge in [0.15, 0.2) is 0 Å². The highest BCUT2D eigenvalue weighted by molar-refractivity contribution is 5.96. The zero-order valence-electron chi connectivity index (χ0n) is 16.5. The zero-order chi connectivity index (χ0) is 20.0. The predicted octanol–water partition coefficient (Wildman–Crippen LogP) is 4.51. The summed E-state index contributed by atoms with van der Waals surface area (Å²) >= 11 is 0. The molecule has 6 heteroatoms. The van der Waals surface area contributed by atoms with E-state index in [2.05, 4.69) is 10.7 Å². The molecule has 2 amide bonds. The average Bonchev–Trinajstić information content (AvgIpc) is 2.59. The Morgan fingerprint density at radius 2 is 1.59 bits per heavy atom. The number of benzene rings is 2. The monoisotopic (exact) mass is 369 g/mol. The molecule has 0 atom stereocenters. The van der Waals surface area contributed by atoms with Crippen molar-refractivity contribution < 1.29 is 14.3 Å². The lowest BCUT2D eigenvalue weighted by Gasteiger charge is -2.24. The number of carbonyl (C=O) groups is 2. The molecule has 6 nitrogen and oxygen atoms in total. The standard InChI is InChI=1S/C21H27N3O3/c1-6-24(18-13-7-15(2)8-14-18)23-19(25)16-9-11-17(12-10-16)22-20(26)27-21(3,4)5/h7-14H,6H2,1-5H3,(H,22,26)(H,23,25). The summed E-state index contributed by atoms with van der Waals surface area (Å²) in [5.74, 6) is -0.221. The molecule has 0 aliphatic carbocycles. The SMILES string of the molecule is CCN(NC(=O)c1ccc(NC(=O)OC(C)(C)C)cc1)c1ccc(C)cc1. The average molecular weight is 369 g/mol. The van der Waals surface area contributed by atoms with Crippen molar-refractivity contribution in [3.63, 3.8) is 0 Å². The van der Waals surface area contributed by atoms with Gasteiger partial charge in [-0.25, -0.2) is 4.79 Å². The Morgan fingerprint density at radius 1 is 1.00 bits per heavy atom.